The minimum Gasteiger partial charge on any atom is -0.469 e. The van der Waals surface area contributed by atoms with E-state index < -0.39 is 8.15 Å². The number of benzene rings is 2. The van der Waals surface area contributed by atoms with Gasteiger partial charge in [0.1, 0.15) is 13.9 Å². The minimum atomic E-state index is -0.703. The molecule has 0 amide bonds. The number of nitriles is 1. The molecule has 1 unspecified atom stereocenters. The Morgan fingerprint density at radius 2 is 1.72 bits per heavy atom. The molecular formula is C15H12NOP. The Morgan fingerprint density at radius 1 is 1.00 bits per heavy atom. The fourth-order valence-electron chi connectivity index (χ4n) is 2.17. The van der Waals surface area contributed by atoms with Crippen LogP contribution in [-0.2, 0) is 0 Å². The molecule has 0 spiro atoms. The molecule has 3 heteroatoms. The summed E-state index contributed by atoms with van der Waals surface area (Å²) < 4.78 is 6.07. The maximum absolute atomic E-state index is 8.74. The summed E-state index contributed by atoms with van der Waals surface area (Å²) in [5.74, 6) is 0.945. The molecule has 1 atom stereocenters. The second kappa shape index (κ2) is 4.80. The largest absolute Gasteiger partial charge is 0.469 e. The summed E-state index contributed by atoms with van der Waals surface area (Å²) >= 11 is 0. The van der Waals surface area contributed by atoms with Crippen molar-refractivity contribution in [2.75, 3.05) is 6.16 Å². The third-order valence-electron chi connectivity index (χ3n) is 2.99. The second-order valence-electron chi connectivity index (χ2n) is 4.11. The molecule has 0 N–H and O–H groups in total. The third kappa shape index (κ3) is 1.88. The molecule has 0 radical (unpaired) electrons. The van der Waals surface area contributed by atoms with E-state index in [-0.39, 0.29) is 0 Å². The molecule has 88 valence electrons. The Kier molecular flexibility index (Phi) is 3.00. The SMILES string of the molecule is N#CCCP1Oc2ccccc2-c2ccccc21. The van der Waals surface area contributed by atoms with Crippen LogP contribution in [-0.4, -0.2) is 6.16 Å². The van der Waals surface area contributed by atoms with Gasteiger partial charge in [-0.2, -0.15) is 5.26 Å². The van der Waals surface area contributed by atoms with E-state index in [0.29, 0.717) is 6.42 Å². The van der Waals surface area contributed by atoms with E-state index in [1.54, 1.807) is 0 Å². The van der Waals surface area contributed by atoms with E-state index in [1.165, 1.54) is 10.9 Å². The van der Waals surface area contributed by atoms with Gasteiger partial charge in [0.05, 0.1) is 6.07 Å². The first-order valence-electron chi connectivity index (χ1n) is 5.91. The molecule has 0 saturated heterocycles. The van der Waals surface area contributed by atoms with Crippen LogP contribution in [0.1, 0.15) is 6.42 Å². The fourth-order valence-corrected chi connectivity index (χ4v) is 4.02. The zero-order valence-corrected chi connectivity index (χ0v) is 10.7. The van der Waals surface area contributed by atoms with Crippen molar-refractivity contribution in [1.29, 1.82) is 5.26 Å². The number of para-hydroxylation sites is 1. The van der Waals surface area contributed by atoms with Crippen LogP contribution in [0.2, 0.25) is 0 Å². The van der Waals surface area contributed by atoms with Crippen molar-refractivity contribution in [2.24, 2.45) is 0 Å². The van der Waals surface area contributed by atoms with E-state index in [4.69, 9.17) is 9.79 Å². The van der Waals surface area contributed by atoms with Crippen molar-refractivity contribution in [1.82, 2.24) is 0 Å². The predicted molar refractivity (Wildman–Crippen MR) is 74.2 cm³/mol. The van der Waals surface area contributed by atoms with Crippen molar-refractivity contribution >= 4 is 13.5 Å². The molecule has 0 saturated carbocycles. The van der Waals surface area contributed by atoms with Gasteiger partial charge in [-0.25, -0.2) is 0 Å². The average Bonchev–Trinajstić information content (AvgIpc) is 2.45. The van der Waals surface area contributed by atoms with Gasteiger partial charge in [0, 0.05) is 23.5 Å². The van der Waals surface area contributed by atoms with Crippen LogP contribution in [0.3, 0.4) is 0 Å². The molecule has 0 fully saturated rings. The lowest BCUT2D eigenvalue weighted by atomic mass is 10.0. The van der Waals surface area contributed by atoms with Crippen LogP contribution in [0.25, 0.3) is 11.1 Å². The van der Waals surface area contributed by atoms with E-state index in [2.05, 4.69) is 30.3 Å². The Balaban J connectivity index is 2.09. The summed E-state index contributed by atoms with van der Waals surface area (Å²) in [5.41, 5.74) is 2.41. The van der Waals surface area contributed by atoms with E-state index in [9.17, 15) is 0 Å². The number of fused-ring (bicyclic) bond motifs is 3. The van der Waals surface area contributed by atoms with Crippen LogP contribution in [0.4, 0.5) is 0 Å². The van der Waals surface area contributed by atoms with Crippen molar-refractivity contribution < 1.29 is 4.52 Å². The van der Waals surface area contributed by atoms with Crippen molar-refractivity contribution in [3.8, 4) is 22.9 Å². The Labute approximate surface area is 108 Å². The first-order valence-corrected chi connectivity index (χ1v) is 7.35. The van der Waals surface area contributed by atoms with E-state index >= 15 is 0 Å². The van der Waals surface area contributed by atoms with Gasteiger partial charge in [-0.15, -0.1) is 0 Å². The lowest BCUT2D eigenvalue weighted by Crippen LogP contribution is -2.15. The third-order valence-corrected chi connectivity index (χ3v) is 4.96. The molecule has 18 heavy (non-hydrogen) atoms. The maximum Gasteiger partial charge on any atom is 0.131 e. The number of rotatable bonds is 2. The predicted octanol–water partition coefficient (Wildman–Crippen LogP) is 3.68. The number of hydrogen-bond donors (Lipinski definition) is 0. The van der Waals surface area contributed by atoms with Gasteiger partial charge in [-0.05, 0) is 11.6 Å². The average molecular weight is 253 g/mol. The molecule has 2 aromatic rings. The van der Waals surface area contributed by atoms with Gasteiger partial charge in [-0.1, -0.05) is 42.5 Å². The molecule has 2 nitrogen and oxygen atoms in total. The molecular weight excluding hydrogens is 241 g/mol. The molecule has 1 aliphatic heterocycles. The monoisotopic (exact) mass is 253 g/mol. The summed E-state index contributed by atoms with van der Waals surface area (Å²) in [6.45, 7) is 0. The highest BCUT2D eigenvalue weighted by Crippen LogP contribution is 2.48. The number of nitrogens with zero attached hydrogens (tertiary/aromatic N) is 1. The molecule has 3 rings (SSSR count). The molecule has 1 heterocycles. The summed E-state index contributed by atoms with van der Waals surface area (Å²) in [6.07, 6.45) is 1.35. The van der Waals surface area contributed by atoms with Gasteiger partial charge in [-0.3, -0.25) is 0 Å². The van der Waals surface area contributed by atoms with Crippen LogP contribution in [0.15, 0.2) is 48.5 Å². The van der Waals surface area contributed by atoms with Crippen LogP contribution >= 0.6 is 8.15 Å². The molecule has 2 aromatic carbocycles. The number of hydrogen-bond acceptors (Lipinski definition) is 2. The standard InChI is InChI=1S/C15H12NOP/c16-10-5-11-18-15-9-4-2-7-13(15)12-6-1-3-8-14(12)17-18/h1-4,6-9H,5,11H2. The molecule has 0 aromatic heterocycles. The zero-order chi connectivity index (χ0) is 12.4. The topological polar surface area (TPSA) is 33.0 Å². The first-order chi connectivity index (χ1) is 8.90. The van der Waals surface area contributed by atoms with Crippen LogP contribution in [0, 0.1) is 11.3 Å². The van der Waals surface area contributed by atoms with Gasteiger partial charge in [0.15, 0.2) is 0 Å². The quantitative estimate of drug-likeness (QED) is 0.765. The second-order valence-corrected chi connectivity index (χ2v) is 5.98. The fraction of sp³-hybridized carbons (Fsp3) is 0.133. The normalized spacial score (nSPS) is 16.1. The highest BCUT2D eigenvalue weighted by molar-refractivity contribution is 7.61. The zero-order valence-electron chi connectivity index (χ0n) is 9.84. The Hall–Kier alpha value is -1.84. The van der Waals surface area contributed by atoms with Gasteiger partial charge < -0.3 is 4.52 Å². The Bertz CT molecular complexity index is 618. The lowest BCUT2D eigenvalue weighted by molar-refractivity contribution is 0.620. The van der Waals surface area contributed by atoms with Gasteiger partial charge in [0.2, 0.25) is 0 Å². The summed E-state index contributed by atoms with van der Waals surface area (Å²) in [6, 6.07) is 18.7. The van der Waals surface area contributed by atoms with Gasteiger partial charge >= 0.3 is 0 Å². The molecule has 1 aliphatic rings. The highest BCUT2D eigenvalue weighted by atomic mass is 31.1. The molecule has 0 aliphatic carbocycles. The van der Waals surface area contributed by atoms with Crippen molar-refractivity contribution in [3.05, 3.63) is 48.5 Å². The summed E-state index contributed by atoms with van der Waals surface area (Å²) in [7, 11) is -0.703. The van der Waals surface area contributed by atoms with Crippen molar-refractivity contribution in [3.63, 3.8) is 0 Å². The van der Waals surface area contributed by atoms with Gasteiger partial charge in [0.25, 0.3) is 0 Å². The Morgan fingerprint density at radius 3 is 2.56 bits per heavy atom. The van der Waals surface area contributed by atoms with Crippen LogP contribution < -0.4 is 9.83 Å². The van der Waals surface area contributed by atoms with E-state index in [0.717, 1.165) is 17.5 Å². The molecule has 0 bridgehead atoms. The van der Waals surface area contributed by atoms with Crippen LogP contribution in [0.5, 0.6) is 5.75 Å². The highest BCUT2D eigenvalue weighted by Gasteiger charge is 2.25. The summed E-state index contributed by atoms with van der Waals surface area (Å²) in [5, 5.41) is 10.00. The lowest BCUT2D eigenvalue weighted by Gasteiger charge is -2.27. The summed E-state index contributed by atoms with van der Waals surface area (Å²) in [4.78, 5) is 0. The minimum absolute atomic E-state index is 0.544. The maximum atomic E-state index is 8.74. The first kappa shape index (κ1) is 11.3. The smallest absolute Gasteiger partial charge is 0.131 e. The van der Waals surface area contributed by atoms with E-state index in [1.807, 2.05) is 24.3 Å². The van der Waals surface area contributed by atoms with Crippen molar-refractivity contribution in [2.45, 2.75) is 6.42 Å².